The van der Waals surface area contributed by atoms with E-state index in [1.165, 1.54) is 29.6 Å². The Hall–Kier alpha value is -1.66. The number of esters is 1. The van der Waals surface area contributed by atoms with Crippen LogP contribution in [0.4, 0.5) is 5.69 Å². The van der Waals surface area contributed by atoms with Crippen LogP contribution in [0.15, 0.2) is 39.4 Å². The van der Waals surface area contributed by atoms with Gasteiger partial charge in [0.1, 0.15) is 9.77 Å². The number of thiophene rings is 1. The fraction of sp³-hybridized carbons (Fsp3) is 0.267. The Morgan fingerprint density at radius 1 is 1.26 bits per heavy atom. The number of nitrogens with one attached hydrogen (secondary N) is 2. The molecule has 1 heterocycles. The first-order valence-corrected chi connectivity index (χ1v) is 12.0. The van der Waals surface area contributed by atoms with E-state index in [0.717, 1.165) is 18.4 Å². The second kappa shape index (κ2) is 8.57. The fourth-order valence-electron chi connectivity index (χ4n) is 2.12. The van der Waals surface area contributed by atoms with Crippen LogP contribution < -0.4 is 10.3 Å². The third-order valence-electron chi connectivity index (χ3n) is 3.35. The van der Waals surface area contributed by atoms with Crippen molar-refractivity contribution in [3.63, 3.8) is 0 Å². The molecular formula is C15H17ClN2O6S3. The molecule has 0 radical (unpaired) electrons. The van der Waals surface area contributed by atoms with Crippen LogP contribution in [0.3, 0.4) is 0 Å². The predicted octanol–water partition coefficient (Wildman–Crippen LogP) is 2.68. The van der Waals surface area contributed by atoms with E-state index in [2.05, 4.69) is 15.0 Å². The summed E-state index contributed by atoms with van der Waals surface area (Å²) in [5.41, 5.74) is 2.17. The number of carbonyl (C=O) groups excluding carboxylic acids is 1. The number of sulfonamides is 1. The van der Waals surface area contributed by atoms with Crippen molar-refractivity contribution in [2.24, 2.45) is 0 Å². The van der Waals surface area contributed by atoms with Crippen LogP contribution in [0, 0.1) is 0 Å². The largest absolute Gasteiger partial charge is 0.465 e. The summed E-state index contributed by atoms with van der Waals surface area (Å²) in [4.78, 5) is 13.6. The number of methoxy groups -OCH3 is 1. The van der Waals surface area contributed by atoms with Crippen molar-refractivity contribution in [1.29, 1.82) is 0 Å². The van der Waals surface area contributed by atoms with Crippen molar-refractivity contribution in [1.82, 2.24) is 4.83 Å². The second-order valence-corrected chi connectivity index (χ2v) is 10.4. The van der Waals surface area contributed by atoms with Gasteiger partial charge in [-0.25, -0.2) is 21.6 Å². The van der Waals surface area contributed by atoms with Crippen molar-refractivity contribution in [3.05, 3.63) is 39.5 Å². The van der Waals surface area contributed by atoms with Gasteiger partial charge in [0.25, 0.3) is 10.0 Å². The normalized spacial score (nSPS) is 12.0. The quantitative estimate of drug-likeness (QED) is 0.466. The van der Waals surface area contributed by atoms with Gasteiger partial charge in [0.05, 0.1) is 23.4 Å². The number of anilines is 1. The smallest absolute Gasteiger partial charge is 0.350 e. The van der Waals surface area contributed by atoms with Gasteiger partial charge < -0.3 is 10.2 Å². The minimum absolute atomic E-state index is 0.0685. The maximum Gasteiger partial charge on any atom is 0.350 e. The Morgan fingerprint density at radius 3 is 2.56 bits per heavy atom. The van der Waals surface area contributed by atoms with Crippen LogP contribution in [0.2, 0.25) is 5.02 Å². The van der Waals surface area contributed by atoms with E-state index in [9.17, 15) is 21.6 Å². The van der Waals surface area contributed by atoms with Crippen molar-refractivity contribution in [3.8, 4) is 0 Å². The summed E-state index contributed by atoms with van der Waals surface area (Å²) in [6.07, 6.45) is 0.361. The van der Waals surface area contributed by atoms with Gasteiger partial charge in [-0.3, -0.25) is 0 Å². The van der Waals surface area contributed by atoms with Crippen molar-refractivity contribution in [2.45, 2.75) is 23.1 Å². The average Bonchev–Trinajstić information content (AvgIpc) is 3.04. The molecule has 0 aliphatic rings. The molecule has 2 rings (SSSR count). The zero-order valence-corrected chi connectivity index (χ0v) is 17.6. The lowest BCUT2D eigenvalue weighted by Crippen LogP contribution is -2.30. The number of carbonyl (C=O) groups is 1. The van der Waals surface area contributed by atoms with E-state index in [4.69, 9.17) is 11.6 Å². The van der Waals surface area contributed by atoms with Crippen LogP contribution in [-0.2, 0) is 24.6 Å². The summed E-state index contributed by atoms with van der Waals surface area (Å²) in [7, 11) is -6.65. The number of hydrazine groups is 1. The van der Waals surface area contributed by atoms with Crippen LogP contribution in [0.5, 0.6) is 0 Å². The van der Waals surface area contributed by atoms with E-state index in [1.54, 1.807) is 6.92 Å². The fourth-order valence-corrected chi connectivity index (χ4v) is 6.09. The van der Waals surface area contributed by atoms with E-state index in [0.29, 0.717) is 6.42 Å². The van der Waals surface area contributed by atoms with E-state index in [1.807, 2.05) is 0 Å². The Labute approximate surface area is 166 Å². The number of hydrogen-bond donors (Lipinski definition) is 2. The summed E-state index contributed by atoms with van der Waals surface area (Å²) < 4.78 is 54.4. The highest BCUT2D eigenvalue weighted by Gasteiger charge is 2.27. The van der Waals surface area contributed by atoms with E-state index >= 15 is 0 Å². The molecule has 0 atom stereocenters. The molecule has 0 unspecified atom stereocenters. The lowest BCUT2D eigenvalue weighted by molar-refractivity contribution is 0.0607. The van der Waals surface area contributed by atoms with E-state index in [-0.39, 0.29) is 31.1 Å². The molecule has 2 N–H and O–H groups in total. The average molecular weight is 453 g/mol. The minimum Gasteiger partial charge on any atom is -0.465 e. The first kappa shape index (κ1) is 21.6. The predicted molar refractivity (Wildman–Crippen MR) is 103 cm³/mol. The van der Waals surface area contributed by atoms with Crippen molar-refractivity contribution < 1.29 is 26.4 Å². The van der Waals surface area contributed by atoms with Gasteiger partial charge in [-0.1, -0.05) is 24.6 Å². The molecule has 1 aromatic carbocycles. The number of halogens is 1. The zero-order valence-electron chi connectivity index (χ0n) is 14.4. The van der Waals surface area contributed by atoms with Gasteiger partial charge in [0.2, 0.25) is 0 Å². The molecule has 2 aromatic rings. The van der Waals surface area contributed by atoms with Gasteiger partial charge in [0.15, 0.2) is 9.84 Å². The molecule has 27 heavy (non-hydrogen) atoms. The van der Waals surface area contributed by atoms with Gasteiger partial charge >= 0.3 is 5.97 Å². The first-order chi connectivity index (χ1) is 12.6. The minimum atomic E-state index is -4.07. The lowest BCUT2D eigenvalue weighted by Gasteiger charge is -2.12. The summed E-state index contributed by atoms with van der Waals surface area (Å²) in [6.45, 7) is 1.69. The second-order valence-electron chi connectivity index (χ2n) is 5.30. The lowest BCUT2D eigenvalue weighted by atomic mass is 10.4. The highest BCUT2D eigenvalue weighted by molar-refractivity contribution is 7.91. The topological polar surface area (TPSA) is 119 Å². The summed E-state index contributed by atoms with van der Waals surface area (Å²) in [5.74, 6) is -0.942. The molecule has 0 saturated heterocycles. The number of benzene rings is 1. The highest BCUT2D eigenvalue weighted by Crippen LogP contribution is 2.33. The number of rotatable bonds is 8. The van der Waals surface area contributed by atoms with Gasteiger partial charge in [0, 0.05) is 10.4 Å². The Kier molecular flexibility index (Phi) is 6.87. The Morgan fingerprint density at radius 2 is 1.96 bits per heavy atom. The molecule has 0 fully saturated rings. The van der Waals surface area contributed by atoms with Crippen LogP contribution >= 0.6 is 22.9 Å². The molecule has 0 spiro atoms. The maximum atomic E-state index is 12.4. The van der Waals surface area contributed by atoms with Crippen LogP contribution in [-0.4, -0.2) is 35.7 Å². The molecule has 148 valence electrons. The number of sulfone groups is 1. The third kappa shape index (κ3) is 4.99. The van der Waals surface area contributed by atoms with Crippen LogP contribution in [0.1, 0.15) is 23.0 Å². The Bertz CT molecular complexity index is 1050. The van der Waals surface area contributed by atoms with E-state index < -0.39 is 25.8 Å². The van der Waals surface area contributed by atoms with Crippen LogP contribution in [0.25, 0.3) is 0 Å². The summed E-state index contributed by atoms with van der Waals surface area (Å²) in [5, 5.41) is 1.49. The molecule has 0 saturated carbocycles. The number of hydrogen-bond acceptors (Lipinski definition) is 8. The highest BCUT2D eigenvalue weighted by atomic mass is 35.5. The van der Waals surface area contributed by atoms with Gasteiger partial charge in [-0.15, -0.1) is 16.2 Å². The molecule has 0 bridgehead atoms. The standard InChI is InChI=1S/C15H17ClN2O6S3/c1-3-7-26(20,21)12-9-25-14(15(19)24-2)13(12)17-18-27(22,23)11-6-4-5-10(16)8-11/h4-6,8-9,17-18H,3,7H2,1-2H3. The number of ether oxygens (including phenoxy) is 1. The maximum absolute atomic E-state index is 12.4. The third-order valence-corrected chi connectivity index (χ3v) is 7.88. The summed E-state index contributed by atoms with van der Waals surface area (Å²) in [6, 6.07) is 5.52. The molecule has 0 aliphatic carbocycles. The van der Waals surface area contributed by atoms with Gasteiger partial charge in [-0.05, 0) is 24.6 Å². The first-order valence-electron chi connectivity index (χ1n) is 7.58. The monoisotopic (exact) mass is 452 g/mol. The molecule has 0 aliphatic heterocycles. The van der Waals surface area contributed by atoms with Gasteiger partial charge in [-0.2, -0.15) is 0 Å². The molecule has 8 nitrogen and oxygen atoms in total. The molecular weight excluding hydrogens is 436 g/mol. The molecule has 0 amide bonds. The van der Waals surface area contributed by atoms with Crippen molar-refractivity contribution in [2.75, 3.05) is 18.3 Å². The Balaban J connectivity index is 2.42. The molecule has 1 aromatic heterocycles. The van der Waals surface area contributed by atoms with Crippen molar-refractivity contribution >= 4 is 54.5 Å². The zero-order chi connectivity index (χ0) is 20.2. The molecule has 12 heteroatoms. The SMILES string of the molecule is CCCS(=O)(=O)c1csc(C(=O)OC)c1NNS(=O)(=O)c1cccc(Cl)c1. The summed E-state index contributed by atoms with van der Waals surface area (Å²) >= 11 is 6.64.